The van der Waals surface area contributed by atoms with E-state index in [9.17, 15) is 4.79 Å². The van der Waals surface area contributed by atoms with Crippen molar-refractivity contribution in [3.05, 3.63) is 0 Å². The summed E-state index contributed by atoms with van der Waals surface area (Å²) < 4.78 is 0. The van der Waals surface area contributed by atoms with Crippen molar-refractivity contribution in [1.29, 1.82) is 0 Å². The van der Waals surface area contributed by atoms with Gasteiger partial charge in [-0.15, -0.1) is 0 Å². The number of nitrogens with zero attached hydrogens (tertiary/aromatic N) is 1. The predicted octanol–water partition coefficient (Wildman–Crippen LogP) is 1.19. The molecule has 12 heavy (non-hydrogen) atoms. The second-order valence-corrected chi connectivity index (χ2v) is 3.69. The van der Waals surface area contributed by atoms with Crippen molar-refractivity contribution in [2.45, 2.75) is 32.7 Å². The SMILES string of the molecule is CCN(CC(=O)O)C1CC(C)C1. The number of hydrogen-bond acceptors (Lipinski definition) is 2. The summed E-state index contributed by atoms with van der Waals surface area (Å²) in [5.74, 6) is 0.0780. The molecule has 1 aliphatic rings. The zero-order valence-electron chi connectivity index (χ0n) is 7.79. The summed E-state index contributed by atoms with van der Waals surface area (Å²) in [5.41, 5.74) is 0. The first-order valence-corrected chi connectivity index (χ1v) is 4.59. The predicted molar refractivity (Wildman–Crippen MR) is 47.1 cm³/mol. The van der Waals surface area contributed by atoms with Gasteiger partial charge in [-0.2, -0.15) is 0 Å². The van der Waals surface area contributed by atoms with Gasteiger partial charge in [0.2, 0.25) is 0 Å². The van der Waals surface area contributed by atoms with Gasteiger partial charge >= 0.3 is 5.97 Å². The molecule has 1 aliphatic carbocycles. The monoisotopic (exact) mass is 171 g/mol. The first kappa shape index (κ1) is 9.52. The minimum Gasteiger partial charge on any atom is -0.480 e. The number of aliphatic carboxylic acids is 1. The van der Waals surface area contributed by atoms with Gasteiger partial charge in [0.05, 0.1) is 6.54 Å². The van der Waals surface area contributed by atoms with Crippen molar-refractivity contribution >= 4 is 5.97 Å². The Hall–Kier alpha value is -0.570. The van der Waals surface area contributed by atoms with E-state index in [4.69, 9.17) is 5.11 Å². The molecule has 0 radical (unpaired) electrons. The van der Waals surface area contributed by atoms with Crippen LogP contribution in [0.3, 0.4) is 0 Å². The summed E-state index contributed by atoms with van der Waals surface area (Å²) in [6.07, 6.45) is 2.34. The number of hydrogen-bond donors (Lipinski definition) is 1. The van der Waals surface area contributed by atoms with Crippen molar-refractivity contribution < 1.29 is 9.90 Å². The summed E-state index contributed by atoms with van der Waals surface area (Å²) in [6, 6.07) is 0.529. The van der Waals surface area contributed by atoms with E-state index < -0.39 is 5.97 Å². The summed E-state index contributed by atoms with van der Waals surface area (Å²) in [4.78, 5) is 12.5. The van der Waals surface area contributed by atoms with Crippen molar-refractivity contribution in [3.63, 3.8) is 0 Å². The average Bonchev–Trinajstić information content (AvgIpc) is 1.94. The van der Waals surface area contributed by atoms with Crippen LogP contribution in [0, 0.1) is 5.92 Å². The topological polar surface area (TPSA) is 40.5 Å². The highest BCUT2D eigenvalue weighted by Crippen LogP contribution is 2.30. The quantitative estimate of drug-likeness (QED) is 0.690. The zero-order chi connectivity index (χ0) is 9.14. The summed E-state index contributed by atoms with van der Waals surface area (Å²) in [6.45, 7) is 5.29. The van der Waals surface area contributed by atoms with Gasteiger partial charge in [-0.3, -0.25) is 9.69 Å². The Kier molecular flexibility index (Phi) is 3.09. The van der Waals surface area contributed by atoms with Crippen molar-refractivity contribution in [2.24, 2.45) is 5.92 Å². The molecular formula is C9H17NO2. The van der Waals surface area contributed by atoms with Gasteiger partial charge in [0.1, 0.15) is 0 Å². The first-order valence-electron chi connectivity index (χ1n) is 4.59. The lowest BCUT2D eigenvalue weighted by Crippen LogP contribution is -2.46. The van der Waals surface area contributed by atoms with Crippen LogP contribution in [0.2, 0.25) is 0 Å². The molecule has 0 saturated heterocycles. The molecule has 0 aromatic heterocycles. The van der Waals surface area contributed by atoms with Crippen LogP contribution in [0.1, 0.15) is 26.7 Å². The van der Waals surface area contributed by atoms with Gasteiger partial charge < -0.3 is 5.11 Å². The highest BCUT2D eigenvalue weighted by atomic mass is 16.4. The number of rotatable bonds is 4. The summed E-state index contributed by atoms with van der Waals surface area (Å²) >= 11 is 0. The van der Waals surface area contributed by atoms with Gasteiger partial charge in [0, 0.05) is 6.04 Å². The fourth-order valence-corrected chi connectivity index (χ4v) is 1.83. The Balaban J connectivity index is 2.30. The smallest absolute Gasteiger partial charge is 0.317 e. The normalized spacial score (nSPS) is 28.6. The van der Waals surface area contributed by atoms with E-state index in [1.165, 1.54) is 12.8 Å². The third kappa shape index (κ3) is 2.21. The molecule has 0 bridgehead atoms. The van der Waals surface area contributed by atoms with E-state index in [1.54, 1.807) is 0 Å². The van der Waals surface area contributed by atoms with E-state index in [0.717, 1.165) is 12.5 Å². The maximum Gasteiger partial charge on any atom is 0.317 e. The van der Waals surface area contributed by atoms with Crippen LogP contribution < -0.4 is 0 Å². The van der Waals surface area contributed by atoms with Gasteiger partial charge in [-0.1, -0.05) is 13.8 Å². The van der Waals surface area contributed by atoms with Crippen molar-refractivity contribution in [3.8, 4) is 0 Å². The van der Waals surface area contributed by atoms with Crippen LogP contribution in [0.5, 0.6) is 0 Å². The van der Waals surface area contributed by atoms with E-state index in [-0.39, 0.29) is 6.54 Å². The van der Waals surface area contributed by atoms with Crippen LogP contribution in [-0.4, -0.2) is 35.1 Å². The fraction of sp³-hybridized carbons (Fsp3) is 0.889. The Morgan fingerprint density at radius 1 is 1.58 bits per heavy atom. The summed E-state index contributed by atoms with van der Waals surface area (Å²) in [5, 5.41) is 8.61. The number of carbonyl (C=O) groups is 1. The molecule has 3 heteroatoms. The van der Waals surface area contributed by atoms with Crippen LogP contribution in [0.4, 0.5) is 0 Å². The van der Waals surface area contributed by atoms with E-state index in [0.29, 0.717) is 6.04 Å². The van der Waals surface area contributed by atoms with Crippen molar-refractivity contribution in [2.75, 3.05) is 13.1 Å². The Morgan fingerprint density at radius 3 is 2.50 bits per heavy atom. The highest BCUT2D eigenvalue weighted by molar-refractivity contribution is 5.69. The van der Waals surface area contributed by atoms with E-state index in [2.05, 4.69) is 6.92 Å². The number of likely N-dealkylation sites (N-methyl/N-ethyl adjacent to an activating group) is 1. The maximum absolute atomic E-state index is 10.5. The fourth-order valence-electron chi connectivity index (χ4n) is 1.83. The van der Waals surface area contributed by atoms with E-state index in [1.807, 2.05) is 11.8 Å². The Labute approximate surface area is 73.4 Å². The second kappa shape index (κ2) is 3.90. The van der Waals surface area contributed by atoms with Gasteiger partial charge in [-0.25, -0.2) is 0 Å². The lowest BCUT2D eigenvalue weighted by atomic mass is 9.81. The van der Waals surface area contributed by atoms with Crippen LogP contribution in [0.15, 0.2) is 0 Å². The number of carboxylic acid groups (broad SMARTS) is 1. The van der Waals surface area contributed by atoms with Gasteiger partial charge in [-0.05, 0) is 25.3 Å². The third-order valence-corrected chi connectivity index (χ3v) is 2.61. The molecular weight excluding hydrogens is 154 g/mol. The molecule has 70 valence electrons. The molecule has 1 N–H and O–H groups in total. The lowest BCUT2D eigenvalue weighted by Gasteiger charge is -2.40. The lowest BCUT2D eigenvalue weighted by molar-refractivity contribution is -0.139. The molecule has 0 unspecified atom stereocenters. The molecule has 0 aromatic rings. The maximum atomic E-state index is 10.5. The standard InChI is InChI=1S/C9H17NO2/c1-3-10(6-9(11)12)8-4-7(2)5-8/h7-8H,3-6H2,1-2H3,(H,11,12). The van der Waals surface area contributed by atoms with Crippen LogP contribution in [-0.2, 0) is 4.79 Å². The molecule has 0 amide bonds. The molecule has 1 saturated carbocycles. The molecule has 0 heterocycles. The first-order chi connectivity index (χ1) is 5.63. The molecule has 0 aliphatic heterocycles. The molecule has 1 rings (SSSR count). The molecule has 3 nitrogen and oxygen atoms in total. The second-order valence-electron chi connectivity index (χ2n) is 3.69. The molecule has 1 fully saturated rings. The highest BCUT2D eigenvalue weighted by Gasteiger charge is 2.30. The summed E-state index contributed by atoms with van der Waals surface area (Å²) in [7, 11) is 0. The van der Waals surface area contributed by atoms with Crippen LogP contribution in [0.25, 0.3) is 0 Å². The Morgan fingerprint density at radius 2 is 2.17 bits per heavy atom. The third-order valence-electron chi connectivity index (χ3n) is 2.61. The minimum absolute atomic E-state index is 0.202. The van der Waals surface area contributed by atoms with Crippen LogP contribution >= 0.6 is 0 Å². The zero-order valence-corrected chi connectivity index (χ0v) is 7.79. The minimum atomic E-state index is -0.712. The molecule has 0 atom stereocenters. The van der Waals surface area contributed by atoms with Crippen molar-refractivity contribution in [1.82, 2.24) is 4.90 Å². The van der Waals surface area contributed by atoms with E-state index >= 15 is 0 Å². The Bertz CT molecular complexity index is 164. The average molecular weight is 171 g/mol. The number of carboxylic acids is 1. The molecule has 0 spiro atoms. The van der Waals surface area contributed by atoms with Gasteiger partial charge in [0.15, 0.2) is 0 Å². The molecule has 0 aromatic carbocycles. The van der Waals surface area contributed by atoms with Gasteiger partial charge in [0.25, 0.3) is 0 Å². The largest absolute Gasteiger partial charge is 0.480 e.